The van der Waals surface area contributed by atoms with Gasteiger partial charge in [0.1, 0.15) is 6.04 Å². The van der Waals surface area contributed by atoms with Crippen molar-refractivity contribution in [3.05, 3.63) is 12.2 Å². The molecule has 0 aromatic heterocycles. The number of hydrogen-bond acceptors (Lipinski definition) is 4. The van der Waals surface area contributed by atoms with Gasteiger partial charge in [0.2, 0.25) is 0 Å². The van der Waals surface area contributed by atoms with E-state index < -0.39 is 17.9 Å². The lowest BCUT2D eigenvalue weighted by Crippen LogP contribution is -2.29. The van der Waals surface area contributed by atoms with Crippen molar-refractivity contribution < 1.29 is 29.7 Å². The largest absolute Gasteiger partial charge is 0.480 e. The van der Waals surface area contributed by atoms with Crippen LogP contribution in [0.3, 0.4) is 0 Å². The summed E-state index contributed by atoms with van der Waals surface area (Å²) in [5.74, 6) is -3.23. The Morgan fingerprint density at radius 3 is 1.75 bits per heavy atom. The first-order valence-electron chi connectivity index (χ1n) is 4.53. The second-order valence-electron chi connectivity index (χ2n) is 3.00. The van der Waals surface area contributed by atoms with E-state index in [4.69, 9.17) is 15.3 Å². The van der Waals surface area contributed by atoms with Gasteiger partial charge in [-0.15, -0.1) is 0 Å². The van der Waals surface area contributed by atoms with E-state index in [1.165, 1.54) is 0 Å². The Hall–Kier alpha value is -1.89. The lowest BCUT2D eigenvalue weighted by atomic mass is 10.2. The van der Waals surface area contributed by atoms with Gasteiger partial charge >= 0.3 is 17.9 Å². The first kappa shape index (κ1) is 14.1. The van der Waals surface area contributed by atoms with Crippen LogP contribution < -0.4 is 5.32 Å². The van der Waals surface area contributed by atoms with Crippen LogP contribution in [0.25, 0.3) is 0 Å². The van der Waals surface area contributed by atoms with Crippen molar-refractivity contribution in [3.63, 3.8) is 0 Å². The Morgan fingerprint density at radius 2 is 1.56 bits per heavy atom. The van der Waals surface area contributed by atoms with Crippen LogP contribution in [0, 0.1) is 0 Å². The van der Waals surface area contributed by atoms with Crippen LogP contribution in [0.2, 0.25) is 0 Å². The number of carboxylic acid groups (broad SMARTS) is 3. The second kappa shape index (κ2) is 7.41. The highest BCUT2D eigenvalue weighted by Crippen LogP contribution is 2.03. The lowest BCUT2D eigenvalue weighted by Gasteiger charge is -1.99. The Bertz CT molecular complexity index is 276. The van der Waals surface area contributed by atoms with E-state index in [1.54, 1.807) is 0 Å². The SMILES string of the molecule is O=C(O)/C=C\C(=O)O.O=C(O)[C@H]1CCCN1. The second-order valence-corrected chi connectivity index (χ2v) is 3.00. The van der Waals surface area contributed by atoms with Crippen LogP contribution >= 0.6 is 0 Å². The topological polar surface area (TPSA) is 124 Å². The van der Waals surface area contributed by atoms with Gasteiger partial charge in [0.25, 0.3) is 0 Å². The molecule has 4 N–H and O–H groups in total. The van der Waals surface area contributed by atoms with Gasteiger partial charge in [0.15, 0.2) is 0 Å². The monoisotopic (exact) mass is 231 g/mol. The summed E-state index contributed by atoms with van der Waals surface area (Å²) in [5, 5.41) is 26.8. The fourth-order valence-corrected chi connectivity index (χ4v) is 1.04. The molecule has 7 heteroatoms. The molecule has 90 valence electrons. The molecule has 0 unspecified atom stereocenters. The molecule has 1 aliphatic rings. The number of aliphatic carboxylic acids is 3. The first-order valence-corrected chi connectivity index (χ1v) is 4.53. The molecule has 0 bridgehead atoms. The average Bonchev–Trinajstić information content (AvgIpc) is 2.68. The van der Waals surface area contributed by atoms with Crippen LogP contribution in [-0.2, 0) is 14.4 Å². The minimum absolute atomic E-state index is 0.269. The fraction of sp³-hybridized carbons (Fsp3) is 0.444. The van der Waals surface area contributed by atoms with Crippen LogP contribution in [0.5, 0.6) is 0 Å². The molecule has 1 aliphatic heterocycles. The third-order valence-corrected chi connectivity index (χ3v) is 1.73. The quantitative estimate of drug-likeness (QED) is 0.484. The van der Waals surface area contributed by atoms with Gasteiger partial charge in [-0.1, -0.05) is 0 Å². The van der Waals surface area contributed by atoms with Crippen molar-refractivity contribution in [2.75, 3.05) is 6.54 Å². The molecule has 1 rings (SSSR count). The summed E-state index contributed by atoms with van der Waals surface area (Å²) in [4.78, 5) is 29.2. The maximum Gasteiger partial charge on any atom is 0.328 e. The molecule has 0 aromatic carbocycles. The van der Waals surface area contributed by atoms with Gasteiger partial charge in [-0.25, -0.2) is 9.59 Å². The van der Waals surface area contributed by atoms with E-state index in [0.29, 0.717) is 12.2 Å². The standard InChI is InChI=1S/C5H9NO2.C4H4O4/c7-5(8)4-2-1-3-6-4;5-3(6)1-2-4(7)8/h4,6H,1-3H2,(H,7,8);1-2H,(H,5,6)(H,7,8)/b;2-1-/t4-;/m1./s1. The van der Waals surface area contributed by atoms with Crippen molar-refractivity contribution in [1.29, 1.82) is 0 Å². The van der Waals surface area contributed by atoms with E-state index in [2.05, 4.69) is 5.32 Å². The highest BCUT2D eigenvalue weighted by Gasteiger charge is 2.20. The Labute approximate surface area is 91.4 Å². The normalized spacial score (nSPS) is 18.9. The molecule has 1 atom stereocenters. The zero-order chi connectivity index (χ0) is 12.6. The highest BCUT2D eigenvalue weighted by molar-refractivity contribution is 5.89. The zero-order valence-electron chi connectivity index (χ0n) is 8.42. The molecule has 1 heterocycles. The summed E-state index contributed by atoms with van der Waals surface area (Å²) in [6.07, 6.45) is 2.90. The predicted molar refractivity (Wildman–Crippen MR) is 53.1 cm³/mol. The molecule has 0 spiro atoms. The molecule has 1 fully saturated rings. The Kier molecular flexibility index (Phi) is 6.53. The van der Waals surface area contributed by atoms with E-state index in [-0.39, 0.29) is 6.04 Å². The molecule has 0 amide bonds. The molecule has 0 aromatic rings. The third-order valence-electron chi connectivity index (χ3n) is 1.73. The Balaban J connectivity index is 0.000000281. The summed E-state index contributed by atoms with van der Waals surface area (Å²) in [7, 11) is 0. The fourth-order valence-electron chi connectivity index (χ4n) is 1.04. The molecule has 7 nitrogen and oxygen atoms in total. The van der Waals surface area contributed by atoms with Crippen molar-refractivity contribution in [3.8, 4) is 0 Å². The number of carboxylic acids is 3. The molecule has 0 saturated carbocycles. The smallest absolute Gasteiger partial charge is 0.328 e. The van der Waals surface area contributed by atoms with Crippen LogP contribution in [0.1, 0.15) is 12.8 Å². The van der Waals surface area contributed by atoms with E-state index >= 15 is 0 Å². The molecular formula is C9H13NO6. The minimum Gasteiger partial charge on any atom is -0.480 e. The van der Waals surface area contributed by atoms with Gasteiger partial charge in [0.05, 0.1) is 0 Å². The molecular weight excluding hydrogens is 218 g/mol. The van der Waals surface area contributed by atoms with Crippen molar-refractivity contribution in [2.45, 2.75) is 18.9 Å². The molecule has 16 heavy (non-hydrogen) atoms. The minimum atomic E-state index is -1.26. The summed E-state index contributed by atoms with van der Waals surface area (Å²) in [5.41, 5.74) is 0. The number of hydrogen-bond donors (Lipinski definition) is 4. The van der Waals surface area contributed by atoms with E-state index in [1.807, 2.05) is 0 Å². The summed E-state index contributed by atoms with van der Waals surface area (Å²) in [6.45, 7) is 0.858. The maximum atomic E-state index is 10.1. The first-order chi connectivity index (χ1) is 7.43. The lowest BCUT2D eigenvalue weighted by molar-refractivity contribution is -0.139. The number of nitrogens with one attached hydrogen (secondary N) is 1. The summed E-state index contributed by atoms with van der Waals surface area (Å²) >= 11 is 0. The zero-order valence-corrected chi connectivity index (χ0v) is 8.42. The van der Waals surface area contributed by atoms with E-state index in [9.17, 15) is 14.4 Å². The number of rotatable bonds is 3. The number of carbonyl (C=O) groups is 3. The van der Waals surface area contributed by atoms with Gasteiger partial charge in [-0.3, -0.25) is 4.79 Å². The molecule has 0 radical (unpaired) electrons. The third kappa shape index (κ3) is 7.51. The van der Waals surface area contributed by atoms with Crippen molar-refractivity contribution in [1.82, 2.24) is 5.32 Å². The maximum absolute atomic E-state index is 10.1. The van der Waals surface area contributed by atoms with Crippen molar-refractivity contribution in [2.24, 2.45) is 0 Å². The average molecular weight is 231 g/mol. The van der Waals surface area contributed by atoms with Gasteiger partial charge < -0.3 is 20.6 Å². The van der Waals surface area contributed by atoms with Gasteiger partial charge in [-0.05, 0) is 19.4 Å². The summed E-state index contributed by atoms with van der Waals surface area (Å²) in [6, 6.07) is -0.269. The van der Waals surface area contributed by atoms with Crippen molar-refractivity contribution >= 4 is 17.9 Å². The molecule has 0 aliphatic carbocycles. The highest BCUT2D eigenvalue weighted by atomic mass is 16.4. The van der Waals surface area contributed by atoms with Gasteiger partial charge in [-0.2, -0.15) is 0 Å². The predicted octanol–water partition coefficient (Wildman–Crippen LogP) is -0.465. The summed E-state index contributed by atoms with van der Waals surface area (Å²) < 4.78 is 0. The van der Waals surface area contributed by atoms with Crippen LogP contribution in [-0.4, -0.2) is 45.8 Å². The van der Waals surface area contributed by atoms with Crippen LogP contribution in [0.15, 0.2) is 12.2 Å². The van der Waals surface area contributed by atoms with Crippen LogP contribution in [0.4, 0.5) is 0 Å². The van der Waals surface area contributed by atoms with Gasteiger partial charge in [0, 0.05) is 12.2 Å². The molecule has 1 saturated heterocycles. The Morgan fingerprint density at radius 1 is 1.06 bits per heavy atom. The van der Waals surface area contributed by atoms with E-state index in [0.717, 1.165) is 19.4 Å².